The molecule has 0 amide bonds. The second-order valence-electron chi connectivity index (χ2n) is 4.20. The SMILES string of the molecule is Cc1cc(C(O)c2cc3cccc(Br)c3o2)cs1. The summed E-state index contributed by atoms with van der Waals surface area (Å²) in [6, 6.07) is 9.72. The number of aliphatic hydroxyl groups excluding tert-OH is 1. The predicted octanol–water partition coefficient (Wildman–Crippen LogP) is 4.65. The van der Waals surface area contributed by atoms with Crippen LogP contribution in [0.5, 0.6) is 0 Å². The monoisotopic (exact) mass is 322 g/mol. The van der Waals surface area contributed by atoms with Gasteiger partial charge in [-0.05, 0) is 52.0 Å². The molecule has 18 heavy (non-hydrogen) atoms. The van der Waals surface area contributed by atoms with E-state index in [0.29, 0.717) is 5.76 Å². The number of furan rings is 1. The van der Waals surface area contributed by atoms with E-state index in [9.17, 15) is 5.11 Å². The molecule has 1 N–H and O–H groups in total. The molecule has 0 radical (unpaired) electrons. The zero-order valence-electron chi connectivity index (χ0n) is 9.68. The third-order valence-corrected chi connectivity index (χ3v) is 4.36. The van der Waals surface area contributed by atoms with Crippen LogP contribution >= 0.6 is 27.3 Å². The second-order valence-corrected chi connectivity index (χ2v) is 6.17. The molecule has 2 nitrogen and oxygen atoms in total. The van der Waals surface area contributed by atoms with Gasteiger partial charge in [-0.25, -0.2) is 0 Å². The van der Waals surface area contributed by atoms with Crippen LogP contribution in [-0.2, 0) is 0 Å². The Morgan fingerprint density at radius 3 is 2.83 bits per heavy atom. The molecule has 0 aliphatic heterocycles. The summed E-state index contributed by atoms with van der Waals surface area (Å²) < 4.78 is 6.63. The topological polar surface area (TPSA) is 33.4 Å². The van der Waals surface area contributed by atoms with Crippen molar-refractivity contribution in [1.82, 2.24) is 0 Å². The maximum absolute atomic E-state index is 10.3. The van der Waals surface area contributed by atoms with Crippen molar-refractivity contribution in [1.29, 1.82) is 0 Å². The molecule has 0 saturated carbocycles. The first-order valence-corrected chi connectivity index (χ1v) is 7.23. The standard InChI is InChI=1S/C14H11BrO2S/c1-8-5-10(7-18-8)13(16)12-6-9-3-2-4-11(15)14(9)17-12/h2-7,13,16H,1H3. The van der Waals surface area contributed by atoms with E-state index < -0.39 is 6.10 Å². The van der Waals surface area contributed by atoms with Gasteiger partial charge in [-0.1, -0.05) is 12.1 Å². The van der Waals surface area contributed by atoms with Crippen LogP contribution in [-0.4, -0.2) is 5.11 Å². The highest BCUT2D eigenvalue weighted by Gasteiger charge is 2.17. The summed E-state index contributed by atoms with van der Waals surface area (Å²) in [5.41, 5.74) is 1.66. The van der Waals surface area contributed by atoms with Crippen LogP contribution in [0.2, 0.25) is 0 Å². The van der Waals surface area contributed by atoms with Gasteiger partial charge in [-0.2, -0.15) is 0 Å². The van der Waals surface area contributed by atoms with Crippen molar-refractivity contribution in [2.24, 2.45) is 0 Å². The number of para-hydroxylation sites is 1. The minimum atomic E-state index is -0.700. The van der Waals surface area contributed by atoms with Crippen LogP contribution in [0.15, 0.2) is 44.6 Å². The summed E-state index contributed by atoms with van der Waals surface area (Å²) in [6.45, 7) is 2.02. The molecule has 0 fully saturated rings. The number of thiophene rings is 1. The second kappa shape index (κ2) is 4.53. The van der Waals surface area contributed by atoms with Gasteiger partial charge in [0.15, 0.2) is 0 Å². The minimum absolute atomic E-state index is 0.578. The first-order valence-electron chi connectivity index (χ1n) is 5.56. The molecule has 0 aliphatic carbocycles. The van der Waals surface area contributed by atoms with Crippen molar-refractivity contribution < 1.29 is 9.52 Å². The Balaban J connectivity index is 2.06. The zero-order valence-corrected chi connectivity index (χ0v) is 12.1. The normalized spacial score (nSPS) is 13.1. The number of hydrogen-bond acceptors (Lipinski definition) is 3. The first kappa shape index (κ1) is 12.0. The molecule has 1 atom stereocenters. The van der Waals surface area contributed by atoms with Gasteiger partial charge in [0, 0.05) is 10.3 Å². The van der Waals surface area contributed by atoms with Crippen molar-refractivity contribution in [2.45, 2.75) is 13.0 Å². The molecule has 92 valence electrons. The average molecular weight is 323 g/mol. The Labute approximate surface area is 117 Å². The molecule has 0 spiro atoms. The van der Waals surface area contributed by atoms with Gasteiger partial charge in [-0.15, -0.1) is 11.3 Å². The molecule has 2 aromatic heterocycles. The van der Waals surface area contributed by atoms with E-state index in [1.165, 1.54) is 4.88 Å². The summed E-state index contributed by atoms with van der Waals surface area (Å²) >= 11 is 5.07. The number of aliphatic hydroxyl groups is 1. The quantitative estimate of drug-likeness (QED) is 0.745. The van der Waals surface area contributed by atoms with E-state index in [1.807, 2.05) is 42.6 Å². The van der Waals surface area contributed by atoms with Crippen LogP contribution in [0.4, 0.5) is 0 Å². The molecule has 2 heterocycles. The highest BCUT2D eigenvalue weighted by molar-refractivity contribution is 9.10. The fourth-order valence-corrected chi connectivity index (χ4v) is 3.14. The molecule has 4 heteroatoms. The number of fused-ring (bicyclic) bond motifs is 1. The maximum atomic E-state index is 10.3. The number of halogens is 1. The van der Waals surface area contributed by atoms with Gasteiger partial charge in [0.05, 0.1) is 4.47 Å². The van der Waals surface area contributed by atoms with Gasteiger partial charge in [0.2, 0.25) is 0 Å². The molecule has 0 saturated heterocycles. The van der Waals surface area contributed by atoms with Gasteiger partial charge in [-0.3, -0.25) is 0 Å². The van der Waals surface area contributed by atoms with Crippen molar-refractivity contribution in [3.63, 3.8) is 0 Å². The summed E-state index contributed by atoms with van der Waals surface area (Å²) in [5.74, 6) is 0.578. The van der Waals surface area contributed by atoms with Crippen LogP contribution < -0.4 is 0 Å². The lowest BCUT2D eigenvalue weighted by Crippen LogP contribution is -1.95. The lowest BCUT2D eigenvalue weighted by atomic mass is 10.1. The average Bonchev–Trinajstić information content (AvgIpc) is 2.95. The highest BCUT2D eigenvalue weighted by Crippen LogP contribution is 2.33. The smallest absolute Gasteiger partial charge is 0.148 e. The van der Waals surface area contributed by atoms with Crippen LogP contribution in [0.3, 0.4) is 0 Å². The molecular formula is C14H11BrO2S. The first-order chi connectivity index (χ1) is 8.65. The minimum Gasteiger partial charge on any atom is -0.457 e. The third kappa shape index (κ3) is 2.00. The molecule has 1 unspecified atom stereocenters. The van der Waals surface area contributed by atoms with Crippen molar-refractivity contribution in [3.8, 4) is 0 Å². The van der Waals surface area contributed by atoms with Crippen LogP contribution in [0.1, 0.15) is 22.3 Å². The summed E-state index contributed by atoms with van der Waals surface area (Å²) in [7, 11) is 0. The van der Waals surface area contributed by atoms with E-state index in [2.05, 4.69) is 15.9 Å². The Hall–Kier alpha value is -1.10. The van der Waals surface area contributed by atoms with Gasteiger partial charge in [0.1, 0.15) is 17.4 Å². The van der Waals surface area contributed by atoms with Crippen molar-refractivity contribution in [2.75, 3.05) is 0 Å². The summed E-state index contributed by atoms with van der Waals surface area (Å²) in [5, 5.41) is 13.2. The molecule has 1 aromatic carbocycles. The lowest BCUT2D eigenvalue weighted by molar-refractivity contribution is 0.192. The molecule has 0 aliphatic rings. The van der Waals surface area contributed by atoms with Crippen LogP contribution in [0.25, 0.3) is 11.0 Å². The Kier molecular flexibility index (Phi) is 3.01. The van der Waals surface area contributed by atoms with E-state index in [4.69, 9.17) is 4.42 Å². The van der Waals surface area contributed by atoms with E-state index in [1.54, 1.807) is 11.3 Å². The van der Waals surface area contributed by atoms with Crippen molar-refractivity contribution in [3.05, 3.63) is 56.4 Å². The number of benzene rings is 1. The lowest BCUT2D eigenvalue weighted by Gasteiger charge is -2.04. The van der Waals surface area contributed by atoms with Gasteiger partial charge < -0.3 is 9.52 Å². The number of hydrogen-bond donors (Lipinski definition) is 1. The van der Waals surface area contributed by atoms with E-state index in [0.717, 1.165) is 21.0 Å². The van der Waals surface area contributed by atoms with Crippen LogP contribution in [0, 0.1) is 6.92 Å². The van der Waals surface area contributed by atoms with Gasteiger partial charge in [0.25, 0.3) is 0 Å². The molecule has 3 aromatic rings. The third-order valence-electron chi connectivity index (χ3n) is 2.85. The molecule has 0 bridgehead atoms. The molecule has 3 rings (SSSR count). The largest absolute Gasteiger partial charge is 0.457 e. The molecular weight excluding hydrogens is 312 g/mol. The number of aryl methyl sites for hydroxylation is 1. The Morgan fingerprint density at radius 1 is 1.33 bits per heavy atom. The zero-order chi connectivity index (χ0) is 12.7. The van der Waals surface area contributed by atoms with Gasteiger partial charge >= 0.3 is 0 Å². The predicted molar refractivity (Wildman–Crippen MR) is 77.0 cm³/mol. The van der Waals surface area contributed by atoms with E-state index >= 15 is 0 Å². The Bertz CT molecular complexity index is 699. The fraction of sp³-hybridized carbons (Fsp3) is 0.143. The summed E-state index contributed by atoms with van der Waals surface area (Å²) in [6.07, 6.45) is -0.700. The maximum Gasteiger partial charge on any atom is 0.148 e. The van der Waals surface area contributed by atoms with Crippen molar-refractivity contribution >= 4 is 38.2 Å². The fourth-order valence-electron chi connectivity index (χ4n) is 1.95. The summed E-state index contributed by atoms with van der Waals surface area (Å²) in [4.78, 5) is 1.18. The number of rotatable bonds is 2. The highest BCUT2D eigenvalue weighted by atomic mass is 79.9. The van der Waals surface area contributed by atoms with E-state index in [-0.39, 0.29) is 0 Å². The Morgan fingerprint density at radius 2 is 2.17 bits per heavy atom.